The summed E-state index contributed by atoms with van der Waals surface area (Å²) in [4.78, 5) is 16.9. The first-order valence-electron chi connectivity index (χ1n) is 12.0. The number of aromatic nitrogens is 4. The fourth-order valence-corrected chi connectivity index (χ4v) is 7.35. The quantitative estimate of drug-likeness (QED) is 0.173. The summed E-state index contributed by atoms with van der Waals surface area (Å²) in [5.41, 5.74) is 1.89. The zero-order valence-electron chi connectivity index (χ0n) is 22.7. The van der Waals surface area contributed by atoms with E-state index in [0.29, 0.717) is 54.0 Å². The second-order valence-corrected chi connectivity index (χ2v) is 14.3. The summed E-state index contributed by atoms with van der Waals surface area (Å²) in [5, 5.41) is 29.0. The van der Waals surface area contributed by atoms with E-state index in [-0.39, 0.29) is 10.8 Å². The van der Waals surface area contributed by atoms with Gasteiger partial charge in [0, 0.05) is 16.2 Å². The van der Waals surface area contributed by atoms with Crippen molar-refractivity contribution in [3.8, 4) is 29.4 Å². The summed E-state index contributed by atoms with van der Waals surface area (Å²) in [6.07, 6.45) is 6.77. The number of benzene rings is 2. The Labute approximate surface area is 298 Å². The summed E-state index contributed by atoms with van der Waals surface area (Å²) in [6.45, 7) is 0. The lowest BCUT2D eigenvalue weighted by Crippen LogP contribution is -1.91. The molecule has 0 unspecified atom stereocenters. The van der Waals surface area contributed by atoms with Crippen molar-refractivity contribution in [3.63, 3.8) is 0 Å². The predicted octanol–water partition coefficient (Wildman–Crippen LogP) is 11.0. The number of nitrogens with zero attached hydrogens (tertiary/aromatic N) is 6. The molecule has 1 N–H and O–H groups in total. The molecule has 0 saturated heterocycles. The second kappa shape index (κ2) is 16.2. The number of thiazole rings is 2. The van der Waals surface area contributed by atoms with Gasteiger partial charge in [-0.2, -0.15) is 10.5 Å². The standard InChI is InChI=1S/C14H7Cl2N3OS2.C8H4ClN3S2.C6H4Cl2O/c1-21-14-19-13-12(22-14)11(7(5-17)6-18-13)20-10-3-2-8(15)4-9(10)16;1-13-8-12-7-6(14-8)5(9)4(2-10)3-11-7;7-4-1-2-6(9)5(8)3-4/h2-4,6H,1H3;3H,1H3;1-3,9H. The SMILES string of the molecule is CSc1nc2ncc(C#N)c(Cl)c2s1.CSc1nc2ncc(C#N)c(Oc3ccc(Cl)cc3Cl)c2s1.Oc1ccc(Cl)cc1Cl. The van der Waals surface area contributed by atoms with Gasteiger partial charge in [-0.1, -0.05) is 81.5 Å². The van der Waals surface area contributed by atoms with Crippen LogP contribution in [-0.4, -0.2) is 37.6 Å². The molecular weight excluding hydrogens is 758 g/mol. The Morgan fingerprint density at radius 3 is 1.82 bits per heavy atom. The summed E-state index contributed by atoms with van der Waals surface area (Å²) >= 11 is 35.0. The third-order valence-electron chi connectivity index (χ3n) is 5.30. The number of hydrogen-bond donors (Lipinski definition) is 1. The zero-order valence-corrected chi connectivity index (χ0v) is 29.7. The maximum atomic E-state index is 9.29. The average Bonchev–Trinajstić information content (AvgIpc) is 3.66. The van der Waals surface area contributed by atoms with E-state index in [4.69, 9.17) is 73.1 Å². The van der Waals surface area contributed by atoms with Crippen molar-refractivity contribution in [2.24, 2.45) is 0 Å². The first-order valence-corrected chi connectivity index (χ1v) is 17.9. The van der Waals surface area contributed by atoms with Gasteiger partial charge in [0.1, 0.15) is 33.9 Å². The molecule has 17 heteroatoms. The van der Waals surface area contributed by atoms with Crippen molar-refractivity contribution in [2.45, 2.75) is 8.68 Å². The Morgan fingerprint density at radius 1 is 0.756 bits per heavy atom. The Hall–Kier alpha value is -2.75. The van der Waals surface area contributed by atoms with Crippen molar-refractivity contribution in [2.75, 3.05) is 12.5 Å². The van der Waals surface area contributed by atoms with Gasteiger partial charge in [0.15, 0.2) is 25.7 Å². The topological polar surface area (TPSA) is 129 Å². The summed E-state index contributed by atoms with van der Waals surface area (Å²) < 4.78 is 9.13. The number of halogens is 5. The lowest BCUT2D eigenvalue weighted by molar-refractivity contribution is 0.475. The number of pyridine rings is 2. The monoisotopic (exact) mass is 770 g/mol. The van der Waals surface area contributed by atoms with E-state index >= 15 is 0 Å². The van der Waals surface area contributed by atoms with Crippen LogP contribution in [0.5, 0.6) is 17.2 Å². The fourth-order valence-electron chi connectivity index (χ4n) is 3.25. The summed E-state index contributed by atoms with van der Waals surface area (Å²) in [7, 11) is 0. The van der Waals surface area contributed by atoms with Crippen LogP contribution in [-0.2, 0) is 0 Å². The normalized spacial score (nSPS) is 10.3. The Balaban J connectivity index is 0.000000171. The van der Waals surface area contributed by atoms with Crippen LogP contribution in [0.15, 0.2) is 57.5 Å². The molecule has 0 spiro atoms. The van der Waals surface area contributed by atoms with Crippen LogP contribution >= 0.6 is 104 Å². The van der Waals surface area contributed by atoms with E-state index in [1.165, 1.54) is 59.0 Å². The number of aromatic hydroxyl groups is 1. The molecular formula is C28H15Cl5N6O2S4. The van der Waals surface area contributed by atoms with Crippen LogP contribution in [0.1, 0.15) is 11.1 Å². The van der Waals surface area contributed by atoms with E-state index in [9.17, 15) is 5.26 Å². The number of thioether (sulfide) groups is 2. The molecule has 0 aliphatic heterocycles. The van der Waals surface area contributed by atoms with Gasteiger partial charge in [0.2, 0.25) is 0 Å². The highest BCUT2D eigenvalue weighted by Crippen LogP contribution is 2.40. The van der Waals surface area contributed by atoms with Gasteiger partial charge in [0.25, 0.3) is 0 Å². The van der Waals surface area contributed by atoms with Gasteiger partial charge in [-0.15, -0.1) is 22.7 Å². The number of phenolic OH excluding ortho intramolecular Hbond substituents is 1. The van der Waals surface area contributed by atoms with Gasteiger partial charge < -0.3 is 9.84 Å². The Kier molecular flexibility index (Phi) is 12.6. The minimum absolute atomic E-state index is 0.0565. The smallest absolute Gasteiger partial charge is 0.175 e. The van der Waals surface area contributed by atoms with Crippen LogP contribution in [0.25, 0.3) is 20.7 Å². The maximum absolute atomic E-state index is 9.29. The highest BCUT2D eigenvalue weighted by Gasteiger charge is 2.17. The second-order valence-electron chi connectivity index (χ2n) is 8.16. The third-order valence-corrected chi connectivity index (χ3v) is 11.0. The van der Waals surface area contributed by atoms with Crippen molar-refractivity contribution < 1.29 is 9.84 Å². The van der Waals surface area contributed by atoms with E-state index in [0.717, 1.165) is 18.1 Å². The molecule has 2 aromatic carbocycles. The molecule has 0 bridgehead atoms. The molecule has 0 aliphatic rings. The molecule has 45 heavy (non-hydrogen) atoms. The average molecular weight is 773 g/mol. The van der Waals surface area contributed by atoms with E-state index in [1.54, 1.807) is 36.0 Å². The van der Waals surface area contributed by atoms with Gasteiger partial charge in [-0.25, -0.2) is 19.9 Å². The maximum Gasteiger partial charge on any atom is 0.175 e. The molecule has 4 heterocycles. The fraction of sp³-hybridized carbons (Fsp3) is 0.0714. The first kappa shape index (κ1) is 35.1. The molecule has 0 atom stereocenters. The van der Waals surface area contributed by atoms with Crippen molar-refractivity contribution >= 4 is 125 Å². The minimum Gasteiger partial charge on any atom is -0.506 e. The number of fused-ring (bicyclic) bond motifs is 2. The molecule has 228 valence electrons. The van der Waals surface area contributed by atoms with E-state index < -0.39 is 0 Å². The highest BCUT2D eigenvalue weighted by molar-refractivity contribution is 8.00. The Bertz CT molecular complexity index is 2090. The van der Waals surface area contributed by atoms with Crippen LogP contribution in [0, 0.1) is 22.7 Å². The van der Waals surface area contributed by atoms with Crippen LogP contribution in [0.4, 0.5) is 0 Å². The molecule has 0 amide bonds. The van der Waals surface area contributed by atoms with Crippen molar-refractivity contribution in [1.82, 2.24) is 19.9 Å². The van der Waals surface area contributed by atoms with Gasteiger partial charge in [0.05, 0.1) is 31.5 Å². The summed E-state index contributed by atoms with van der Waals surface area (Å²) in [5.74, 6) is 0.893. The zero-order chi connectivity index (χ0) is 32.7. The van der Waals surface area contributed by atoms with Gasteiger partial charge in [-0.05, 0) is 48.9 Å². The van der Waals surface area contributed by atoms with Crippen molar-refractivity contribution in [1.29, 1.82) is 10.5 Å². The molecule has 6 aromatic rings. The Morgan fingerprint density at radius 2 is 1.29 bits per heavy atom. The lowest BCUT2D eigenvalue weighted by Gasteiger charge is -2.09. The molecule has 0 fully saturated rings. The van der Waals surface area contributed by atoms with E-state index in [1.807, 2.05) is 18.6 Å². The minimum atomic E-state index is 0.0565. The molecule has 6 rings (SSSR count). The van der Waals surface area contributed by atoms with Crippen LogP contribution in [0.3, 0.4) is 0 Å². The number of ether oxygens (including phenoxy) is 1. The summed E-state index contributed by atoms with van der Waals surface area (Å²) in [6, 6.07) is 13.5. The number of rotatable bonds is 4. The molecule has 4 aromatic heterocycles. The molecule has 0 radical (unpaired) electrons. The predicted molar refractivity (Wildman–Crippen MR) is 187 cm³/mol. The van der Waals surface area contributed by atoms with Gasteiger partial charge in [-0.3, -0.25) is 0 Å². The van der Waals surface area contributed by atoms with Crippen LogP contribution < -0.4 is 4.74 Å². The number of hydrogen-bond acceptors (Lipinski definition) is 12. The van der Waals surface area contributed by atoms with E-state index in [2.05, 4.69) is 26.0 Å². The van der Waals surface area contributed by atoms with Crippen LogP contribution in [0.2, 0.25) is 25.1 Å². The third kappa shape index (κ3) is 8.74. The number of nitriles is 2. The van der Waals surface area contributed by atoms with Gasteiger partial charge >= 0.3 is 0 Å². The molecule has 0 aliphatic carbocycles. The molecule has 0 saturated carbocycles. The van der Waals surface area contributed by atoms with Crippen molar-refractivity contribution in [3.05, 3.63) is 85.0 Å². The largest absolute Gasteiger partial charge is 0.506 e. The first-order chi connectivity index (χ1) is 21.6. The molecule has 8 nitrogen and oxygen atoms in total. The number of phenols is 1. The lowest BCUT2D eigenvalue weighted by atomic mass is 10.2. The highest BCUT2D eigenvalue weighted by atomic mass is 35.5.